The number of anilines is 1. The Labute approximate surface area is 126 Å². The summed E-state index contributed by atoms with van der Waals surface area (Å²) in [5.41, 5.74) is 3.22. The average Bonchev–Trinajstić information content (AvgIpc) is 2.39. The number of aromatic nitrogens is 1. The smallest absolute Gasteiger partial charge is 0.0722 e. The van der Waals surface area contributed by atoms with Crippen LogP contribution in [0.4, 0.5) is 5.69 Å². The van der Waals surface area contributed by atoms with Gasteiger partial charge in [0, 0.05) is 35.3 Å². The van der Waals surface area contributed by atoms with Crippen molar-refractivity contribution in [3.8, 4) is 0 Å². The third-order valence-corrected chi connectivity index (χ3v) is 3.95. The molecule has 0 bridgehead atoms. The van der Waals surface area contributed by atoms with Crippen molar-refractivity contribution in [2.24, 2.45) is 0 Å². The molecule has 1 heterocycles. The lowest BCUT2D eigenvalue weighted by Gasteiger charge is -2.22. The highest BCUT2D eigenvalue weighted by Crippen LogP contribution is 2.31. The zero-order valence-corrected chi connectivity index (χ0v) is 13.8. The van der Waals surface area contributed by atoms with Crippen LogP contribution >= 0.6 is 11.6 Å². The number of nitrogens with zero attached hydrogens (tertiary/aromatic N) is 2. The summed E-state index contributed by atoms with van der Waals surface area (Å²) in [4.78, 5) is 7.07. The molecule has 0 aliphatic carbocycles. The maximum atomic E-state index is 6.47. The van der Waals surface area contributed by atoms with Crippen LogP contribution in [0.2, 0.25) is 5.02 Å². The first kappa shape index (κ1) is 15.1. The number of rotatable bonds is 3. The number of hydrogen-bond acceptors (Lipinski definition) is 2. The summed E-state index contributed by atoms with van der Waals surface area (Å²) in [5.74, 6) is 0. The number of halogens is 1. The quantitative estimate of drug-likeness (QED) is 0.788. The molecule has 0 aliphatic rings. The van der Waals surface area contributed by atoms with Crippen LogP contribution in [0.1, 0.15) is 40.3 Å². The predicted octanol–water partition coefficient (Wildman–Crippen LogP) is 5.03. The van der Waals surface area contributed by atoms with E-state index >= 15 is 0 Å². The van der Waals surface area contributed by atoms with Crippen LogP contribution in [-0.4, -0.2) is 18.1 Å². The molecule has 20 heavy (non-hydrogen) atoms. The Bertz CT molecular complexity index is 610. The highest BCUT2D eigenvalue weighted by atomic mass is 35.5. The Morgan fingerprint density at radius 3 is 2.30 bits per heavy atom. The first-order chi connectivity index (χ1) is 9.36. The van der Waals surface area contributed by atoms with E-state index in [0.29, 0.717) is 0 Å². The van der Waals surface area contributed by atoms with Crippen molar-refractivity contribution in [2.45, 2.75) is 40.0 Å². The summed E-state index contributed by atoms with van der Waals surface area (Å²) < 4.78 is 0. The fourth-order valence-corrected chi connectivity index (χ4v) is 2.60. The highest BCUT2D eigenvalue weighted by Gasteiger charge is 2.17. The largest absolute Gasteiger partial charge is 0.372 e. The van der Waals surface area contributed by atoms with E-state index in [0.717, 1.165) is 34.7 Å². The summed E-state index contributed by atoms with van der Waals surface area (Å²) in [6.45, 7) is 12.8. The van der Waals surface area contributed by atoms with Gasteiger partial charge in [-0.25, -0.2) is 0 Å². The molecular weight excluding hydrogens is 268 g/mol. The monoisotopic (exact) mass is 290 g/mol. The minimum Gasteiger partial charge on any atom is -0.372 e. The molecule has 0 fully saturated rings. The van der Waals surface area contributed by atoms with E-state index in [2.05, 4.69) is 57.7 Å². The van der Waals surface area contributed by atoms with Gasteiger partial charge < -0.3 is 4.90 Å². The minimum absolute atomic E-state index is 0.00930. The van der Waals surface area contributed by atoms with E-state index in [1.54, 1.807) is 0 Å². The SMILES string of the molecule is CCN(CC)c1ccc2nc(C(C)(C)C)cc(Cl)c2c1. The van der Waals surface area contributed by atoms with Gasteiger partial charge in [0.15, 0.2) is 0 Å². The summed E-state index contributed by atoms with van der Waals surface area (Å²) in [7, 11) is 0. The second-order valence-corrected chi connectivity index (χ2v) is 6.52. The molecule has 0 saturated carbocycles. The zero-order chi connectivity index (χ0) is 14.9. The van der Waals surface area contributed by atoms with Crippen LogP contribution in [0.25, 0.3) is 10.9 Å². The Hall–Kier alpha value is -1.28. The van der Waals surface area contributed by atoms with Crippen LogP contribution in [-0.2, 0) is 5.41 Å². The van der Waals surface area contributed by atoms with E-state index in [1.165, 1.54) is 5.69 Å². The Morgan fingerprint density at radius 2 is 1.75 bits per heavy atom. The Kier molecular flexibility index (Phi) is 4.24. The van der Waals surface area contributed by atoms with Gasteiger partial charge in [0.2, 0.25) is 0 Å². The van der Waals surface area contributed by atoms with E-state index in [9.17, 15) is 0 Å². The van der Waals surface area contributed by atoms with E-state index < -0.39 is 0 Å². The lowest BCUT2D eigenvalue weighted by molar-refractivity contribution is 0.571. The lowest BCUT2D eigenvalue weighted by Crippen LogP contribution is -2.21. The molecule has 2 aromatic rings. The average molecular weight is 291 g/mol. The summed E-state index contributed by atoms with van der Waals surface area (Å²) in [6.07, 6.45) is 0. The first-order valence-electron chi connectivity index (χ1n) is 7.22. The molecule has 108 valence electrons. The number of fused-ring (bicyclic) bond motifs is 1. The van der Waals surface area contributed by atoms with Gasteiger partial charge in [-0.15, -0.1) is 0 Å². The molecule has 2 nitrogen and oxygen atoms in total. The lowest BCUT2D eigenvalue weighted by atomic mass is 9.91. The second kappa shape index (κ2) is 5.61. The fraction of sp³-hybridized carbons (Fsp3) is 0.471. The van der Waals surface area contributed by atoms with Crippen molar-refractivity contribution in [3.05, 3.63) is 35.0 Å². The first-order valence-corrected chi connectivity index (χ1v) is 7.60. The zero-order valence-electron chi connectivity index (χ0n) is 13.0. The molecule has 2 rings (SSSR count). The second-order valence-electron chi connectivity index (χ2n) is 6.11. The Balaban J connectivity index is 2.57. The number of pyridine rings is 1. The molecule has 1 aromatic heterocycles. The van der Waals surface area contributed by atoms with Gasteiger partial charge in [-0.05, 0) is 38.1 Å². The van der Waals surface area contributed by atoms with Crippen LogP contribution in [0.15, 0.2) is 24.3 Å². The van der Waals surface area contributed by atoms with Crippen molar-refractivity contribution in [1.82, 2.24) is 4.98 Å². The molecule has 0 unspecified atom stereocenters. The van der Waals surface area contributed by atoms with Crippen molar-refractivity contribution >= 4 is 28.2 Å². The van der Waals surface area contributed by atoms with Crippen LogP contribution in [0, 0.1) is 0 Å². The molecule has 0 amide bonds. The summed E-state index contributed by atoms with van der Waals surface area (Å²) in [6, 6.07) is 8.34. The molecular formula is C17H23ClN2. The standard InChI is InChI=1S/C17H23ClN2/c1-6-20(7-2)12-8-9-15-13(10-12)14(18)11-16(19-15)17(3,4)5/h8-11H,6-7H2,1-5H3. The molecule has 0 spiro atoms. The van der Waals surface area contributed by atoms with Gasteiger partial charge in [-0.1, -0.05) is 32.4 Å². The van der Waals surface area contributed by atoms with Gasteiger partial charge in [-0.3, -0.25) is 4.98 Å². The third-order valence-electron chi connectivity index (χ3n) is 3.64. The molecule has 0 aliphatic heterocycles. The number of benzene rings is 1. The van der Waals surface area contributed by atoms with E-state index in [1.807, 2.05) is 6.07 Å². The molecule has 0 atom stereocenters. The molecule has 0 N–H and O–H groups in total. The third kappa shape index (κ3) is 2.90. The van der Waals surface area contributed by atoms with Gasteiger partial charge in [0.25, 0.3) is 0 Å². The predicted molar refractivity (Wildman–Crippen MR) is 89.0 cm³/mol. The normalized spacial score (nSPS) is 11.9. The fourth-order valence-electron chi connectivity index (χ4n) is 2.34. The molecule has 3 heteroatoms. The van der Waals surface area contributed by atoms with Crippen molar-refractivity contribution in [2.75, 3.05) is 18.0 Å². The molecule has 0 saturated heterocycles. The Morgan fingerprint density at radius 1 is 1.10 bits per heavy atom. The van der Waals surface area contributed by atoms with Gasteiger partial charge in [0.05, 0.1) is 10.5 Å². The molecule has 0 radical (unpaired) electrons. The van der Waals surface area contributed by atoms with Crippen LogP contribution in [0.3, 0.4) is 0 Å². The topological polar surface area (TPSA) is 16.1 Å². The van der Waals surface area contributed by atoms with Crippen molar-refractivity contribution in [1.29, 1.82) is 0 Å². The van der Waals surface area contributed by atoms with E-state index in [4.69, 9.17) is 16.6 Å². The van der Waals surface area contributed by atoms with Crippen molar-refractivity contribution < 1.29 is 0 Å². The van der Waals surface area contributed by atoms with Crippen LogP contribution < -0.4 is 4.90 Å². The summed E-state index contributed by atoms with van der Waals surface area (Å²) in [5, 5.41) is 1.82. The highest BCUT2D eigenvalue weighted by molar-refractivity contribution is 6.35. The van der Waals surface area contributed by atoms with Crippen LogP contribution in [0.5, 0.6) is 0 Å². The van der Waals surface area contributed by atoms with Crippen molar-refractivity contribution in [3.63, 3.8) is 0 Å². The van der Waals surface area contributed by atoms with Gasteiger partial charge in [0.1, 0.15) is 0 Å². The summed E-state index contributed by atoms with van der Waals surface area (Å²) >= 11 is 6.47. The maximum Gasteiger partial charge on any atom is 0.0722 e. The van der Waals surface area contributed by atoms with E-state index in [-0.39, 0.29) is 5.41 Å². The number of hydrogen-bond donors (Lipinski definition) is 0. The molecule has 1 aromatic carbocycles. The maximum absolute atomic E-state index is 6.47. The van der Waals surface area contributed by atoms with Gasteiger partial charge in [-0.2, -0.15) is 0 Å². The van der Waals surface area contributed by atoms with Gasteiger partial charge >= 0.3 is 0 Å². The minimum atomic E-state index is 0.00930.